The molecule has 1 aliphatic heterocycles. The number of carboxylic acids is 1. The van der Waals surface area contributed by atoms with E-state index in [0.29, 0.717) is 0 Å². The maximum atomic E-state index is 12.0. The summed E-state index contributed by atoms with van der Waals surface area (Å²) >= 11 is 0. The zero-order chi connectivity index (χ0) is 26.1. The van der Waals surface area contributed by atoms with Gasteiger partial charge in [-0.1, -0.05) is 36.4 Å². The van der Waals surface area contributed by atoms with Crippen LogP contribution in [0.5, 0.6) is 5.75 Å². The molecule has 4 aromatic rings. The van der Waals surface area contributed by atoms with Gasteiger partial charge in [-0.3, -0.25) is 14.7 Å². The number of pyridine rings is 1. The first-order valence-electron chi connectivity index (χ1n) is 12.8. The number of rotatable bonds is 7. The van der Waals surface area contributed by atoms with Crippen LogP contribution >= 0.6 is 0 Å². The van der Waals surface area contributed by atoms with E-state index in [2.05, 4.69) is 52.2 Å². The van der Waals surface area contributed by atoms with Crippen LogP contribution in [0.1, 0.15) is 59.1 Å². The van der Waals surface area contributed by atoms with Crippen LogP contribution < -0.4 is 4.74 Å². The van der Waals surface area contributed by atoms with Crippen LogP contribution in [0.2, 0.25) is 0 Å². The van der Waals surface area contributed by atoms with E-state index in [-0.39, 0.29) is 18.4 Å². The summed E-state index contributed by atoms with van der Waals surface area (Å²) in [6.45, 7) is 8.61. The maximum Gasteiger partial charge on any atom is 0.304 e. The SMILES string of the molecule is CC[C@@H]1CN(Cc2cc(C(CC(=O)O)c3ccc4c(nnn4C)c3C)ccc2C)Cc2ccncc2O1. The number of carboxylic acid groups (broad SMARTS) is 1. The number of aryl methyl sites for hydroxylation is 3. The van der Waals surface area contributed by atoms with Crippen LogP contribution in [0.3, 0.4) is 0 Å². The summed E-state index contributed by atoms with van der Waals surface area (Å²) in [6, 6.07) is 12.4. The number of nitrogens with zero attached hydrogens (tertiary/aromatic N) is 5. The fourth-order valence-electron chi connectivity index (χ4n) is 5.32. The normalized spacial score (nSPS) is 16.7. The standard InChI is InChI=1S/C29H33N5O3/c1-5-23-17-34(15-21-10-11-30-14-27(21)37-23)16-22-12-20(7-6-18(22)2)25(13-28(35)36)24-8-9-26-29(19(24)3)31-32-33(26)4/h6-12,14,23,25H,5,13,15-17H2,1-4H3,(H,35,36)/t23-,25?/m1/s1. The van der Waals surface area contributed by atoms with Crippen LogP contribution in [0.4, 0.5) is 0 Å². The molecule has 0 spiro atoms. The molecule has 0 saturated carbocycles. The Morgan fingerprint density at radius 3 is 2.84 bits per heavy atom. The fraction of sp³-hybridized carbons (Fsp3) is 0.379. The number of hydrogen-bond acceptors (Lipinski definition) is 6. The van der Waals surface area contributed by atoms with Crippen molar-refractivity contribution in [1.29, 1.82) is 0 Å². The average Bonchev–Trinajstić information content (AvgIpc) is 3.16. The number of benzene rings is 2. The van der Waals surface area contributed by atoms with Crippen molar-refractivity contribution in [3.63, 3.8) is 0 Å². The van der Waals surface area contributed by atoms with Crippen molar-refractivity contribution >= 4 is 17.0 Å². The Hall–Kier alpha value is -3.78. The molecule has 0 saturated heterocycles. The molecule has 1 N–H and O–H groups in total. The highest BCUT2D eigenvalue weighted by molar-refractivity contribution is 5.80. The molecule has 37 heavy (non-hydrogen) atoms. The van der Waals surface area contributed by atoms with Gasteiger partial charge in [-0.15, -0.1) is 5.10 Å². The quantitative estimate of drug-likeness (QED) is 0.392. The van der Waals surface area contributed by atoms with E-state index >= 15 is 0 Å². The summed E-state index contributed by atoms with van der Waals surface area (Å²) in [5.74, 6) is -0.254. The van der Waals surface area contributed by atoms with Crippen molar-refractivity contribution in [3.8, 4) is 5.75 Å². The molecule has 1 aliphatic rings. The summed E-state index contributed by atoms with van der Waals surface area (Å²) in [7, 11) is 1.86. The number of aliphatic carboxylic acids is 1. The first-order valence-corrected chi connectivity index (χ1v) is 12.8. The van der Waals surface area contributed by atoms with Gasteiger partial charge in [-0.2, -0.15) is 0 Å². The van der Waals surface area contributed by atoms with E-state index in [1.165, 1.54) is 11.1 Å². The second kappa shape index (κ2) is 10.3. The number of ether oxygens (including phenoxy) is 1. The topological polar surface area (TPSA) is 93.4 Å². The number of carbonyl (C=O) groups is 1. The van der Waals surface area contributed by atoms with Crippen molar-refractivity contribution in [2.75, 3.05) is 6.54 Å². The van der Waals surface area contributed by atoms with E-state index in [9.17, 15) is 9.90 Å². The fourth-order valence-corrected chi connectivity index (χ4v) is 5.32. The molecule has 2 atom stereocenters. The molecule has 8 nitrogen and oxygen atoms in total. The predicted molar refractivity (Wildman–Crippen MR) is 142 cm³/mol. The van der Waals surface area contributed by atoms with Gasteiger partial charge >= 0.3 is 5.97 Å². The molecular weight excluding hydrogens is 466 g/mol. The maximum absolute atomic E-state index is 12.0. The molecule has 1 unspecified atom stereocenters. The van der Waals surface area contributed by atoms with Gasteiger partial charge in [-0.05, 0) is 60.2 Å². The largest absolute Gasteiger partial charge is 0.487 e. The van der Waals surface area contributed by atoms with Crippen molar-refractivity contribution < 1.29 is 14.6 Å². The van der Waals surface area contributed by atoms with Gasteiger partial charge in [0.15, 0.2) is 0 Å². The zero-order valence-electron chi connectivity index (χ0n) is 21.8. The van der Waals surface area contributed by atoms with Gasteiger partial charge in [0, 0.05) is 44.4 Å². The Morgan fingerprint density at radius 1 is 1.22 bits per heavy atom. The lowest BCUT2D eigenvalue weighted by molar-refractivity contribution is -0.137. The van der Waals surface area contributed by atoms with Gasteiger partial charge in [-0.25, -0.2) is 4.68 Å². The lowest BCUT2D eigenvalue weighted by atomic mass is 9.84. The van der Waals surface area contributed by atoms with Crippen LogP contribution in [0, 0.1) is 13.8 Å². The van der Waals surface area contributed by atoms with E-state index in [1.807, 2.05) is 38.4 Å². The van der Waals surface area contributed by atoms with Gasteiger partial charge in [0.1, 0.15) is 17.4 Å². The van der Waals surface area contributed by atoms with Crippen LogP contribution in [-0.4, -0.2) is 48.6 Å². The number of fused-ring (bicyclic) bond motifs is 2. The monoisotopic (exact) mass is 499 g/mol. The van der Waals surface area contributed by atoms with Crippen molar-refractivity contribution in [3.05, 3.63) is 82.2 Å². The van der Waals surface area contributed by atoms with Gasteiger partial charge in [0.25, 0.3) is 0 Å². The highest BCUT2D eigenvalue weighted by Gasteiger charge is 2.25. The van der Waals surface area contributed by atoms with E-state index in [1.54, 1.807) is 10.9 Å². The van der Waals surface area contributed by atoms with Crippen molar-refractivity contribution in [2.45, 2.75) is 58.7 Å². The molecule has 0 radical (unpaired) electrons. The van der Waals surface area contributed by atoms with Crippen LogP contribution in [0.25, 0.3) is 11.0 Å². The Labute approximate surface area is 216 Å². The summed E-state index contributed by atoms with van der Waals surface area (Å²) < 4.78 is 7.98. The second-order valence-electron chi connectivity index (χ2n) is 10.00. The first-order chi connectivity index (χ1) is 17.8. The third-order valence-corrected chi connectivity index (χ3v) is 7.48. The molecule has 0 aliphatic carbocycles. The predicted octanol–water partition coefficient (Wildman–Crippen LogP) is 4.76. The van der Waals surface area contributed by atoms with Crippen molar-refractivity contribution in [1.82, 2.24) is 24.9 Å². The highest BCUT2D eigenvalue weighted by Crippen LogP contribution is 2.35. The lowest BCUT2D eigenvalue weighted by Crippen LogP contribution is -2.32. The molecule has 5 rings (SSSR count). The van der Waals surface area contributed by atoms with Gasteiger partial charge < -0.3 is 9.84 Å². The molecular formula is C29H33N5O3. The molecule has 0 bridgehead atoms. The molecule has 2 aromatic heterocycles. The third-order valence-electron chi connectivity index (χ3n) is 7.48. The lowest BCUT2D eigenvalue weighted by Gasteiger charge is -2.25. The summed E-state index contributed by atoms with van der Waals surface area (Å²) in [4.78, 5) is 18.6. The Bertz CT molecular complexity index is 1450. The summed E-state index contributed by atoms with van der Waals surface area (Å²) in [5, 5.41) is 18.3. The summed E-state index contributed by atoms with van der Waals surface area (Å²) in [5.41, 5.74) is 8.20. The second-order valence-corrected chi connectivity index (χ2v) is 10.00. The molecule has 0 fully saturated rings. The molecule has 2 aromatic carbocycles. The Kier molecular flexibility index (Phi) is 6.93. The zero-order valence-corrected chi connectivity index (χ0v) is 21.8. The summed E-state index contributed by atoms with van der Waals surface area (Å²) in [6.07, 6.45) is 4.63. The minimum atomic E-state index is -0.827. The third kappa shape index (κ3) is 5.06. The molecule has 8 heteroatoms. The molecule has 3 heterocycles. The number of hydrogen-bond donors (Lipinski definition) is 1. The number of aromatic nitrogens is 4. The average molecular weight is 500 g/mol. The molecule has 0 amide bonds. The minimum Gasteiger partial charge on any atom is -0.487 e. The molecule has 192 valence electrons. The van der Waals surface area contributed by atoms with Crippen LogP contribution in [0.15, 0.2) is 48.8 Å². The Morgan fingerprint density at radius 2 is 2.05 bits per heavy atom. The minimum absolute atomic E-state index is 0.00491. The van der Waals surface area contributed by atoms with E-state index in [4.69, 9.17) is 4.74 Å². The van der Waals surface area contributed by atoms with Crippen molar-refractivity contribution in [2.24, 2.45) is 7.05 Å². The van der Waals surface area contributed by atoms with E-state index in [0.717, 1.165) is 65.1 Å². The first kappa shape index (κ1) is 24.9. The smallest absolute Gasteiger partial charge is 0.304 e. The highest BCUT2D eigenvalue weighted by atomic mass is 16.5. The Balaban J connectivity index is 1.50. The van der Waals surface area contributed by atoms with Gasteiger partial charge in [0.2, 0.25) is 0 Å². The van der Waals surface area contributed by atoms with Crippen LogP contribution in [-0.2, 0) is 24.9 Å². The van der Waals surface area contributed by atoms with Gasteiger partial charge in [0.05, 0.1) is 18.1 Å². The van der Waals surface area contributed by atoms with E-state index < -0.39 is 5.97 Å².